The number of piperazine rings is 1. The zero-order valence-electron chi connectivity index (χ0n) is 29.1. The Labute approximate surface area is 285 Å². The molecule has 3 aliphatic rings. The van der Waals surface area contributed by atoms with Gasteiger partial charge in [-0.2, -0.15) is 0 Å². The van der Waals surface area contributed by atoms with E-state index >= 15 is 4.39 Å². The van der Waals surface area contributed by atoms with Crippen molar-refractivity contribution >= 4 is 23.0 Å². The molecular weight excluding hydrogens is 631 g/mol. The smallest absolute Gasteiger partial charge is 0.337 e. The average molecular weight is 677 g/mol. The van der Waals surface area contributed by atoms with Gasteiger partial charge in [0.25, 0.3) is 5.89 Å². The van der Waals surface area contributed by atoms with Crippen LogP contribution in [-0.4, -0.2) is 93.4 Å². The van der Waals surface area contributed by atoms with E-state index in [2.05, 4.69) is 20.0 Å². The van der Waals surface area contributed by atoms with Gasteiger partial charge in [0.05, 0.1) is 12.2 Å². The number of carboxylic acid groups (broad SMARTS) is 1. The third kappa shape index (κ3) is 6.28. The van der Waals surface area contributed by atoms with Gasteiger partial charge in [0.2, 0.25) is 0 Å². The van der Waals surface area contributed by atoms with Crippen LogP contribution in [0.5, 0.6) is 5.75 Å². The van der Waals surface area contributed by atoms with E-state index in [0.29, 0.717) is 70.1 Å². The highest BCUT2D eigenvalue weighted by molar-refractivity contribution is 6.01. The Balaban J connectivity index is 1.33. The van der Waals surface area contributed by atoms with E-state index in [-0.39, 0.29) is 5.75 Å². The second kappa shape index (κ2) is 13.0. The van der Waals surface area contributed by atoms with Gasteiger partial charge in [-0.05, 0) is 83.6 Å². The van der Waals surface area contributed by atoms with Crippen molar-refractivity contribution in [3.05, 3.63) is 40.3 Å². The van der Waals surface area contributed by atoms with Gasteiger partial charge >= 0.3 is 12.0 Å². The molecule has 0 aliphatic carbocycles. The van der Waals surface area contributed by atoms with Crippen LogP contribution in [-0.2, 0) is 27.7 Å². The monoisotopic (exact) mass is 676 g/mol. The summed E-state index contributed by atoms with van der Waals surface area (Å²) in [5.41, 5.74) is 3.98. The van der Waals surface area contributed by atoms with E-state index in [9.17, 15) is 9.90 Å². The van der Waals surface area contributed by atoms with Gasteiger partial charge < -0.3 is 33.2 Å². The number of carbonyl (C=O) groups is 1. The molecule has 262 valence electrons. The summed E-state index contributed by atoms with van der Waals surface area (Å²) in [4.78, 5) is 22.4. The number of pyridine rings is 1. The van der Waals surface area contributed by atoms with E-state index in [1.165, 1.54) is 6.07 Å². The first kappa shape index (κ1) is 33.4. The van der Waals surface area contributed by atoms with Crippen LogP contribution < -0.4 is 9.64 Å². The molecule has 12 nitrogen and oxygen atoms in total. The zero-order valence-corrected chi connectivity index (χ0v) is 29.1. The molecule has 0 saturated carbocycles. The lowest BCUT2D eigenvalue weighted by Crippen LogP contribution is -2.51. The van der Waals surface area contributed by atoms with Crippen molar-refractivity contribution in [3.63, 3.8) is 0 Å². The van der Waals surface area contributed by atoms with Crippen LogP contribution in [0, 0.1) is 19.7 Å². The number of aliphatic carboxylic acids is 1. The second-order valence-corrected chi connectivity index (χ2v) is 14.3. The SMILES string of the molecule is Cc1nc2c(cc(-c3nnc(N4CCN(C5CCOCC5)CC4)o3)n2C)c(-c2cc(F)c3c(c2C)CCCO3)c1[C@H](OC(C)(C)C)C(=O)O. The summed E-state index contributed by atoms with van der Waals surface area (Å²) in [5, 5.41) is 20.0. The number of aryl methyl sites for hydroxylation is 2. The minimum atomic E-state index is -1.36. The predicted molar refractivity (Wildman–Crippen MR) is 182 cm³/mol. The molecule has 6 heterocycles. The fourth-order valence-electron chi connectivity index (χ4n) is 7.55. The Morgan fingerprint density at radius 3 is 2.51 bits per heavy atom. The highest BCUT2D eigenvalue weighted by atomic mass is 19.1. The number of halogens is 1. The summed E-state index contributed by atoms with van der Waals surface area (Å²) in [6.45, 7) is 14.6. The summed E-state index contributed by atoms with van der Waals surface area (Å²) in [5.74, 6) is -1.07. The molecule has 3 aliphatic heterocycles. The van der Waals surface area contributed by atoms with Gasteiger partial charge in [0, 0.05) is 80.3 Å². The lowest BCUT2D eigenvalue weighted by atomic mass is 9.86. The Morgan fingerprint density at radius 2 is 1.82 bits per heavy atom. The molecule has 13 heteroatoms. The van der Waals surface area contributed by atoms with Crippen molar-refractivity contribution in [1.82, 2.24) is 24.6 Å². The molecule has 7 rings (SSSR count). The second-order valence-electron chi connectivity index (χ2n) is 14.3. The molecule has 0 bridgehead atoms. The summed E-state index contributed by atoms with van der Waals surface area (Å²) in [6.07, 6.45) is 2.18. The minimum absolute atomic E-state index is 0.262. The van der Waals surface area contributed by atoms with E-state index in [1.807, 2.05) is 45.4 Å². The molecular formula is C36H45FN6O6. The van der Waals surface area contributed by atoms with Crippen LogP contribution in [0.2, 0.25) is 0 Å². The van der Waals surface area contributed by atoms with E-state index < -0.39 is 23.5 Å². The topological polar surface area (TPSA) is 128 Å². The molecule has 0 unspecified atom stereocenters. The van der Waals surface area contributed by atoms with Crippen LogP contribution >= 0.6 is 0 Å². The number of anilines is 1. The van der Waals surface area contributed by atoms with Gasteiger partial charge in [-0.1, -0.05) is 5.10 Å². The number of rotatable bonds is 7. The van der Waals surface area contributed by atoms with Gasteiger partial charge in [0.1, 0.15) is 11.3 Å². The van der Waals surface area contributed by atoms with Crippen LogP contribution in [0.25, 0.3) is 33.7 Å². The zero-order chi connectivity index (χ0) is 34.6. The molecule has 4 aromatic rings. The highest BCUT2D eigenvalue weighted by Crippen LogP contribution is 2.45. The normalized spacial score (nSPS) is 18.5. The van der Waals surface area contributed by atoms with E-state index in [1.54, 1.807) is 6.92 Å². The number of carboxylic acids is 1. The summed E-state index contributed by atoms with van der Waals surface area (Å²) in [7, 11) is 1.86. The van der Waals surface area contributed by atoms with Crippen molar-refractivity contribution in [2.45, 2.75) is 78.0 Å². The first-order valence-electron chi connectivity index (χ1n) is 17.2. The van der Waals surface area contributed by atoms with Crippen LogP contribution in [0.3, 0.4) is 0 Å². The summed E-state index contributed by atoms with van der Waals surface area (Å²) < 4.78 is 41.4. The first-order valence-corrected chi connectivity index (χ1v) is 17.2. The number of hydrogen-bond acceptors (Lipinski definition) is 10. The molecule has 2 fully saturated rings. The standard InChI is InChI=1S/C36H45FN6O6/c1-20-23-8-7-15-47-30(23)26(37)18-24(20)29-25-19-27(41(6)32(25)38-21(2)28(29)31(34(44)45)49-36(3,4)5)33-39-40-35(48-33)43-13-11-42(12-14-43)22-9-16-46-17-10-22/h18-19,22,31H,7-17H2,1-6H3,(H,44,45)/t31-/m0/s1. The highest BCUT2D eigenvalue weighted by Gasteiger charge is 2.35. The number of benzene rings is 1. The van der Waals surface area contributed by atoms with Crippen LogP contribution in [0.1, 0.15) is 68.5 Å². The maximum atomic E-state index is 15.8. The Bertz CT molecular complexity index is 1880. The third-order valence-corrected chi connectivity index (χ3v) is 9.99. The van der Waals surface area contributed by atoms with Crippen molar-refractivity contribution in [2.24, 2.45) is 7.05 Å². The largest absolute Gasteiger partial charge is 0.490 e. The Morgan fingerprint density at radius 1 is 1.08 bits per heavy atom. The number of nitrogens with zero attached hydrogens (tertiary/aromatic N) is 6. The van der Waals surface area contributed by atoms with Crippen molar-refractivity contribution < 1.29 is 32.9 Å². The lowest BCUT2D eigenvalue weighted by Gasteiger charge is -2.40. The maximum absolute atomic E-state index is 15.8. The molecule has 0 radical (unpaired) electrons. The Hall–Kier alpha value is -4.07. The maximum Gasteiger partial charge on any atom is 0.337 e. The predicted octanol–water partition coefficient (Wildman–Crippen LogP) is 5.61. The minimum Gasteiger partial charge on any atom is -0.490 e. The van der Waals surface area contributed by atoms with Gasteiger partial charge in [-0.25, -0.2) is 14.2 Å². The van der Waals surface area contributed by atoms with Gasteiger partial charge in [-0.15, -0.1) is 5.10 Å². The van der Waals surface area contributed by atoms with Crippen molar-refractivity contribution in [3.8, 4) is 28.5 Å². The molecule has 1 atom stereocenters. The van der Waals surface area contributed by atoms with Gasteiger partial charge in [-0.3, -0.25) is 4.90 Å². The molecule has 0 spiro atoms. The summed E-state index contributed by atoms with van der Waals surface area (Å²) in [6, 6.07) is 4.33. The third-order valence-electron chi connectivity index (χ3n) is 9.99. The number of hydrogen-bond donors (Lipinski definition) is 1. The molecule has 1 N–H and O–H groups in total. The molecule has 49 heavy (non-hydrogen) atoms. The molecule has 0 amide bonds. The average Bonchev–Trinajstić information content (AvgIpc) is 3.70. The Kier molecular flexibility index (Phi) is 8.87. The number of fused-ring (bicyclic) bond motifs is 2. The van der Waals surface area contributed by atoms with Crippen molar-refractivity contribution in [1.29, 1.82) is 0 Å². The lowest BCUT2D eigenvalue weighted by molar-refractivity contribution is -0.160. The fraction of sp³-hybridized carbons (Fsp3) is 0.556. The molecule has 1 aromatic carbocycles. The fourth-order valence-corrected chi connectivity index (χ4v) is 7.55. The molecule has 2 saturated heterocycles. The van der Waals surface area contributed by atoms with E-state index in [0.717, 1.165) is 69.8 Å². The van der Waals surface area contributed by atoms with Gasteiger partial charge in [0.15, 0.2) is 17.7 Å². The van der Waals surface area contributed by atoms with E-state index in [4.69, 9.17) is 23.6 Å². The number of aromatic nitrogens is 4. The quantitative estimate of drug-likeness (QED) is 0.262. The van der Waals surface area contributed by atoms with Crippen LogP contribution in [0.4, 0.5) is 10.4 Å². The number of ether oxygens (including phenoxy) is 3. The summed E-state index contributed by atoms with van der Waals surface area (Å²) >= 11 is 0. The van der Waals surface area contributed by atoms with Crippen LogP contribution in [0.15, 0.2) is 16.5 Å². The molecule has 3 aromatic heterocycles. The van der Waals surface area contributed by atoms with Crippen molar-refractivity contribution in [2.75, 3.05) is 50.9 Å². The first-order chi connectivity index (χ1) is 23.4.